The van der Waals surface area contributed by atoms with Gasteiger partial charge in [-0.1, -0.05) is 64.2 Å². The molecule has 0 aromatic carbocycles. The van der Waals surface area contributed by atoms with Gasteiger partial charge in [-0.3, -0.25) is 4.79 Å². The smallest absolute Gasteiger partial charge is 0.193 e. The van der Waals surface area contributed by atoms with Crippen molar-refractivity contribution in [2.24, 2.45) is 11.0 Å². The monoisotopic (exact) mass is 311 g/mol. The van der Waals surface area contributed by atoms with Gasteiger partial charge in [0, 0.05) is 15.6 Å². The van der Waals surface area contributed by atoms with Crippen LogP contribution in [-0.4, -0.2) is 24.0 Å². The van der Waals surface area contributed by atoms with Crippen LogP contribution in [0.3, 0.4) is 0 Å². The summed E-state index contributed by atoms with van der Waals surface area (Å²) in [7, 11) is -1.55. The molecule has 4 nitrogen and oxygen atoms in total. The second kappa shape index (κ2) is 7.77. The highest BCUT2D eigenvalue weighted by Crippen LogP contribution is 2.30. The van der Waals surface area contributed by atoms with E-state index in [4.69, 9.17) is 5.53 Å². The van der Waals surface area contributed by atoms with E-state index in [1.165, 1.54) is 11.8 Å². The van der Waals surface area contributed by atoms with Crippen molar-refractivity contribution in [2.45, 2.75) is 64.5 Å². The molecule has 0 rings (SSSR count). The molecular formula is C14H25N3OSSi. The van der Waals surface area contributed by atoms with E-state index < -0.39 is 14.1 Å². The Bertz CT molecular complexity index is 448. The van der Waals surface area contributed by atoms with Gasteiger partial charge in [0.25, 0.3) is 0 Å². The van der Waals surface area contributed by atoms with Gasteiger partial charge in [0.1, 0.15) is 14.1 Å². The van der Waals surface area contributed by atoms with Crippen molar-refractivity contribution < 1.29 is 4.79 Å². The molecule has 0 heterocycles. The first-order valence-corrected chi connectivity index (χ1v) is 11.1. The summed E-state index contributed by atoms with van der Waals surface area (Å²) in [4.78, 5) is 15.2. The van der Waals surface area contributed by atoms with E-state index in [0.717, 1.165) is 0 Å². The van der Waals surface area contributed by atoms with Crippen LogP contribution in [0.5, 0.6) is 0 Å². The zero-order chi connectivity index (χ0) is 16.0. The molecule has 0 aromatic heterocycles. The molecule has 20 heavy (non-hydrogen) atoms. The molecule has 112 valence electrons. The van der Waals surface area contributed by atoms with Gasteiger partial charge in [0.2, 0.25) is 0 Å². The highest BCUT2D eigenvalue weighted by atomic mass is 32.2. The molecule has 0 radical (unpaired) electrons. The third kappa shape index (κ3) is 8.31. The molecule has 0 saturated heterocycles. The third-order valence-corrected chi connectivity index (χ3v) is 4.31. The maximum absolute atomic E-state index is 12.4. The second-order valence-corrected chi connectivity index (χ2v) is 13.3. The van der Waals surface area contributed by atoms with Crippen molar-refractivity contribution in [3.63, 3.8) is 0 Å². The Labute approximate surface area is 127 Å². The van der Waals surface area contributed by atoms with Gasteiger partial charge in [-0.05, 0) is 12.0 Å². The summed E-state index contributed by atoms with van der Waals surface area (Å²) >= 11 is 1.30. The molecule has 2 atom stereocenters. The Kier molecular flexibility index (Phi) is 7.43. The summed E-state index contributed by atoms with van der Waals surface area (Å²) < 4.78 is -0.141. The average molecular weight is 312 g/mol. The van der Waals surface area contributed by atoms with Gasteiger partial charge in [-0.2, -0.15) is 0 Å². The second-order valence-electron chi connectivity index (χ2n) is 6.72. The fraction of sp³-hybridized carbons (Fsp3) is 0.786. The number of rotatable bonds is 4. The van der Waals surface area contributed by atoms with Gasteiger partial charge in [0.15, 0.2) is 5.12 Å². The molecular weight excluding hydrogens is 286 g/mol. The lowest BCUT2D eigenvalue weighted by Crippen LogP contribution is -2.27. The van der Waals surface area contributed by atoms with Crippen LogP contribution in [0.15, 0.2) is 5.11 Å². The van der Waals surface area contributed by atoms with Crippen molar-refractivity contribution in [1.29, 1.82) is 0 Å². The molecule has 0 unspecified atom stereocenters. The van der Waals surface area contributed by atoms with E-state index in [0.29, 0.717) is 6.42 Å². The number of hydrogen-bond acceptors (Lipinski definition) is 3. The third-order valence-electron chi connectivity index (χ3n) is 2.30. The first-order valence-electron chi connectivity index (χ1n) is 6.80. The molecule has 0 N–H and O–H groups in total. The molecule has 0 bridgehead atoms. The molecule has 0 spiro atoms. The normalized spacial score (nSPS) is 14.6. The number of azide groups is 1. The van der Waals surface area contributed by atoms with Crippen LogP contribution in [0.2, 0.25) is 19.6 Å². The lowest BCUT2D eigenvalue weighted by Gasteiger charge is -2.22. The number of carbonyl (C=O) groups excluding carboxylic acids is 1. The molecule has 0 aliphatic carbocycles. The van der Waals surface area contributed by atoms with Crippen molar-refractivity contribution in [1.82, 2.24) is 0 Å². The van der Waals surface area contributed by atoms with Gasteiger partial charge < -0.3 is 0 Å². The van der Waals surface area contributed by atoms with E-state index in [1.807, 2.05) is 27.7 Å². The van der Waals surface area contributed by atoms with Crippen LogP contribution in [0.1, 0.15) is 34.1 Å². The predicted molar refractivity (Wildman–Crippen MR) is 90.2 cm³/mol. The molecule has 0 aliphatic rings. The maximum Gasteiger partial charge on any atom is 0.193 e. The summed E-state index contributed by atoms with van der Waals surface area (Å²) in [6.07, 6.45) is 0.631. The van der Waals surface area contributed by atoms with Gasteiger partial charge in [0.05, 0.1) is 0 Å². The van der Waals surface area contributed by atoms with E-state index >= 15 is 0 Å². The summed E-state index contributed by atoms with van der Waals surface area (Å²) in [5, 5.41) is 3.80. The molecule has 0 amide bonds. The van der Waals surface area contributed by atoms with E-state index in [-0.39, 0.29) is 15.8 Å². The largest absolute Gasteiger partial charge is 0.287 e. The maximum atomic E-state index is 12.4. The zero-order valence-corrected chi connectivity index (χ0v) is 15.3. The number of carbonyl (C=O) groups is 1. The minimum Gasteiger partial charge on any atom is -0.287 e. The Morgan fingerprint density at radius 1 is 1.40 bits per heavy atom. The van der Waals surface area contributed by atoms with Crippen molar-refractivity contribution in [2.75, 3.05) is 0 Å². The topological polar surface area (TPSA) is 65.8 Å². The molecule has 0 aliphatic heterocycles. The van der Waals surface area contributed by atoms with E-state index in [1.54, 1.807) is 0 Å². The van der Waals surface area contributed by atoms with E-state index in [2.05, 4.69) is 41.1 Å². The fourth-order valence-electron chi connectivity index (χ4n) is 1.45. The van der Waals surface area contributed by atoms with Crippen LogP contribution in [0.4, 0.5) is 0 Å². The van der Waals surface area contributed by atoms with Gasteiger partial charge in [-0.15, -0.1) is 11.5 Å². The van der Waals surface area contributed by atoms with Crippen LogP contribution >= 0.6 is 11.8 Å². The Hall–Kier alpha value is -0.893. The van der Waals surface area contributed by atoms with E-state index in [9.17, 15) is 4.79 Å². The molecule has 0 fully saturated rings. The lowest BCUT2D eigenvalue weighted by atomic mass is 10.00. The van der Waals surface area contributed by atoms with Crippen molar-refractivity contribution >= 4 is 25.0 Å². The minimum atomic E-state index is -1.55. The predicted octanol–water partition coefficient (Wildman–Crippen LogP) is 4.63. The summed E-state index contributed by atoms with van der Waals surface area (Å²) in [6.45, 7) is 14.3. The highest BCUT2D eigenvalue weighted by molar-refractivity contribution is 8.14. The minimum absolute atomic E-state index is 0.0577. The standard InChI is InChI=1S/C14H25N3OSSi/c1-8-11(13(18)19-14(2,3)4)12(16-17-15)9-10-20(5,6)7/h11-12H,8H2,1-7H3/t11-,12+/m0/s1. The number of hydrogen-bond donors (Lipinski definition) is 0. The number of nitrogens with zero attached hydrogens (tertiary/aromatic N) is 3. The molecule has 0 aromatic rings. The summed E-state index contributed by atoms with van der Waals surface area (Å²) in [6, 6.07) is -0.556. The molecule has 0 saturated carbocycles. The number of thioether (sulfide) groups is 1. The van der Waals surface area contributed by atoms with Crippen molar-refractivity contribution in [3.8, 4) is 11.5 Å². The zero-order valence-electron chi connectivity index (χ0n) is 13.5. The van der Waals surface area contributed by atoms with Crippen LogP contribution in [-0.2, 0) is 4.79 Å². The lowest BCUT2D eigenvalue weighted by molar-refractivity contribution is -0.114. The Morgan fingerprint density at radius 3 is 2.30 bits per heavy atom. The van der Waals surface area contributed by atoms with Gasteiger partial charge in [-0.25, -0.2) is 0 Å². The van der Waals surface area contributed by atoms with Crippen molar-refractivity contribution in [3.05, 3.63) is 10.4 Å². The van der Waals surface area contributed by atoms with Crippen LogP contribution in [0, 0.1) is 17.4 Å². The first-order chi connectivity index (χ1) is 9.00. The first kappa shape index (κ1) is 19.1. The van der Waals surface area contributed by atoms with Crippen LogP contribution < -0.4 is 0 Å². The summed E-state index contributed by atoms with van der Waals surface area (Å²) in [5.74, 6) is 2.70. The molecule has 6 heteroatoms. The quantitative estimate of drug-likeness (QED) is 0.250. The van der Waals surface area contributed by atoms with Gasteiger partial charge >= 0.3 is 0 Å². The average Bonchev–Trinajstić information content (AvgIpc) is 2.23. The SMILES string of the molecule is CC[C@H](C(=O)SC(C)(C)C)[C@@H](C#C[Si](C)(C)C)N=[N+]=[N-]. The highest BCUT2D eigenvalue weighted by Gasteiger charge is 2.29. The summed E-state index contributed by atoms with van der Waals surface area (Å²) in [5.41, 5.74) is 11.9. The Morgan fingerprint density at radius 2 is 1.95 bits per heavy atom. The van der Waals surface area contributed by atoms with Crippen LogP contribution in [0.25, 0.3) is 10.4 Å². The Balaban J connectivity index is 5.26. The fourth-order valence-corrected chi connectivity index (χ4v) is 3.08.